The largest absolute Gasteiger partial charge is 0.361 e. The van der Waals surface area contributed by atoms with E-state index >= 15 is 0 Å². The van der Waals surface area contributed by atoms with Crippen molar-refractivity contribution in [2.75, 3.05) is 23.1 Å². The number of halogens is 2. The molecule has 2 aliphatic heterocycles. The molecule has 1 saturated heterocycles. The molecule has 0 bridgehead atoms. The molecular weight excluding hydrogens is 539 g/mol. The number of rotatable bonds is 5. The molecule has 0 amide bonds. The average Bonchev–Trinajstić information content (AvgIpc) is 3.28. The maximum atomic E-state index is 13.3. The molecule has 1 fully saturated rings. The monoisotopic (exact) mass is 572 g/mol. The SMILES string of the molecule is CCS(=O)(=O)N1c2ccc(CC3CCN(C(C)=N)CC3)cc2CC1c1ccc2ccc(C#N)cc2c1.Cl.Cl. The second-order valence-corrected chi connectivity index (χ2v) is 12.2. The quantitative estimate of drug-likeness (QED) is 0.288. The maximum Gasteiger partial charge on any atom is 0.235 e. The fraction of sp³-hybridized carbons (Fsp3) is 0.379. The van der Waals surface area contributed by atoms with Crippen molar-refractivity contribution >= 4 is 57.1 Å². The zero-order valence-electron chi connectivity index (χ0n) is 21.7. The Kier molecular flexibility index (Phi) is 9.35. The Morgan fingerprint density at radius 2 is 1.74 bits per heavy atom. The van der Waals surface area contributed by atoms with E-state index < -0.39 is 10.0 Å². The van der Waals surface area contributed by atoms with E-state index in [-0.39, 0.29) is 36.6 Å². The zero-order chi connectivity index (χ0) is 25.4. The van der Waals surface area contributed by atoms with E-state index in [2.05, 4.69) is 23.1 Å². The van der Waals surface area contributed by atoms with Crippen molar-refractivity contribution in [1.82, 2.24) is 4.90 Å². The van der Waals surface area contributed by atoms with Crippen LogP contribution in [0, 0.1) is 22.7 Å². The van der Waals surface area contributed by atoms with Gasteiger partial charge in [-0.1, -0.05) is 30.3 Å². The minimum Gasteiger partial charge on any atom is -0.361 e. The fourth-order valence-electron chi connectivity index (χ4n) is 5.69. The molecule has 38 heavy (non-hydrogen) atoms. The van der Waals surface area contributed by atoms with Crippen molar-refractivity contribution in [2.45, 2.75) is 45.6 Å². The molecule has 0 spiro atoms. The van der Waals surface area contributed by atoms with Crippen LogP contribution in [0.1, 0.15) is 55.0 Å². The van der Waals surface area contributed by atoms with Gasteiger partial charge < -0.3 is 4.90 Å². The van der Waals surface area contributed by atoms with Gasteiger partial charge in [0.25, 0.3) is 0 Å². The molecule has 1 atom stereocenters. The maximum absolute atomic E-state index is 13.3. The Morgan fingerprint density at radius 3 is 2.39 bits per heavy atom. The summed E-state index contributed by atoms with van der Waals surface area (Å²) in [5.74, 6) is 1.27. The summed E-state index contributed by atoms with van der Waals surface area (Å²) in [5.41, 5.74) is 4.66. The van der Waals surface area contributed by atoms with Crippen LogP contribution in [0.5, 0.6) is 0 Å². The van der Waals surface area contributed by atoms with E-state index in [1.807, 2.05) is 43.3 Å². The summed E-state index contributed by atoms with van der Waals surface area (Å²) in [7, 11) is -3.47. The number of benzene rings is 3. The Morgan fingerprint density at radius 1 is 1.03 bits per heavy atom. The second-order valence-electron chi connectivity index (χ2n) is 10.0. The Bertz CT molecular complexity index is 1480. The van der Waals surface area contributed by atoms with Gasteiger partial charge in [-0.25, -0.2) is 8.42 Å². The smallest absolute Gasteiger partial charge is 0.235 e. The molecule has 0 aromatic heterocycles. The molecule has 1 N–H and O–H groups in total. The number of amidine groups is 1. The first kappa shape index (κ1) is 29.8. The molecule has 5 rings (SSSR count). The van der Waals surface area contributed by atoms with Crippen LogP contribution in [0.2, 0.25) is 0 Å². The zero-order valence-corrected chi connectivity index (χ0v) is 24.1. The van der Waals surface area contributed by atoms with Crippen LogP contribution in [0.15, 0.2) is 54.6 Å². The molecule has 3 aromatic carbocycles. The summed E-state index contributed by atoms with van der Waals surface area (Å²) in [6.45, 7) is 5.42. The van der Waals surface area contributed by atoms with Gasteiger partial charge in [0.1, 0.15) is 0 Å². The highest BCUT2D eigenvalue weighted by molar-refractivity contribution is 7.92. The van der Waals surface area contributed by atoms with E-state index in [1.54, 1.807) is 17.3 Å². The topological polar surface area (TPSA) is 88.3 Å². The summed E-state index contributed by atoms with van der Waals surface area (Å²) in [4.78, 5) is 2.14. The normalized spacial score (nSPS) is 17.3. The van der Waals surface area contributed by atoms with E-state index in [0.717, 1.165) is 59.9 Å². The first-order valence-electron chi connectivity index (χ1n) is 12.7. The number of nitrogens with one attached hydrogen (secondary N) is 1. The van der Waals surface area contributed by atoms with Gasteiger partial charge in [-0.15, -0.1) is 24.8 Å². The van der Waals surface area contributed by atoms with E-state index in [4.69, 9.17) is 5.41 Å². The lowest BCUT2D eigenvalue weighted by Gasteiger charge is -2.32. The van der Waals surface area contributed by atoms with Crippen LogP contribution in [0.25, 0.3) is 10.8 Å². The van der Waals surface area contributed by atoms with Crippen LogP contribution in [0.3, 0.4) is 0 Å². The van der Waals surface area contributed by atoms with Crippen LogP contribution in [-0.4, -0.2) is 38.0 Å². The summed E-state index contributed by atoms with van der Waals surface area (Å²) in [6, 6.07) is 19.8. The summed E-state index contributed by atoms with van der Waals surface area (Å²) in [5, 5.41) is 19.1. The van der Waals surface area contributed by atoms with Crippen molar-refractivity contribution in [3.05, 3.63) is 76.9 Å². The third-order valence-corrected chi connectivity index (χ3v) is 9.51. The summed E-state index contributed by atoms with van der Waals surface area (Å²) in [6.07, 6.45) is 3.77. The number of hydrogen-bond acceptors (Lipinski definition) is 4. The number of anilines is 1. The predicted octanol–water partition coefficient (Wildman–Crippen LogP) is 6.26. The number of likely N-dealkylation sites (tertiary alicyclic amines) is 1. The molecule has 0 saturated carbocycles. The minimum absolute atomic E-state index is 0. The van der Waals surface area contributed by atoms with Crippen LogP contribution in [-0.2, 0) is 22.9 Å². The highest BCUT2D eigenvalue weighted by Gasteiger charge is 2.38. The molecular formula is C29H34Cl2N4O2S. The van der Waals surface area contributed by atoms with Crippen molar-refractivity contribution < 1.29 is 8.42 Å². The number of piperidine rings is 1. The average molecular weight is 574 g/mol. The van der Waals surface area contributed by atoms with Crippen LogP contribution < -0.4 is 4.31 Å². The molecule has 0 aliphatic carbocycles. The van der Waals surface area contributed by atoms with Crippen LogP contribution in [0.4, 0.5) is 5.69 Å². The van der Waals surface area contributed by atoms with Gasteiger partial charge in [-0.3, -0.25) is 9.71 Å². The first-order valence-corrected chi connectivity index (χ1v) is 14.3. The lowest BCUT2D eigenvalue weighted by Crippen LogP contribution is -2.37. The van der Waals surface area contributed by atoms with Gasteiger partial charge >= 0.3 is 0 Å². The number of nitrogens with zero attached hydrogens (tertiary/aromatic N) is 3. The number of nitriles is 1. The highest BCUT2D eigenvalue weighted by Crippen LogP contribution is 2.44. The van der Waals surface area contributed by atoms with Crippen molar-refractivity contribution in [3.63, 3.8) is 0 Å². The first-order chi connectivity index (χ1) is 17.3. The van der Waals surface area contributed by atoms with E-state index in [1.165, 1.54) is 5.56 Å². The van der Waals surface area contributed by atoms with Gasteiger partial charge in [0.05, 0.1) is 35.0 Å². The van der Waals surface area contributed by atoms with Gasteiger partial charge in [-0.05, 0) is 90.8 Å². The van der Waals surface area contributed by atoms with E-state index in [9.17, 15) is 13.7 Å². The van der Waals surface area contributed by atoms with E-state index in [0.29, 0.717) is 23.7 Å². The van der Waals surface area contributed by atoms with Gasteiger partial charge in [0, 0.05) is 19.5 Å². The Hall–Kier alpha value is -2.79. The third-order valence-electron chi connectivity index (χ3n) is 7.73. The molecule has 2 heterocycles. The molecule has 202 valence electrons. The lowest BCUT2D eigenvalue weighted by molar-refractivity contribution is 0.263. The standard InChI is InChI=1S/C29H32N4O2S.2ClH/c1-3-36(34,35)33-28-9-5-22(14-21-10-12-32(13-11-21)20(2)31)15-27(28)18-29(33)25-8-7-24-6-4-23(19-30)16-26(24)17-25;;/h4-9,15-17,21,29,31H,3,10-14,18H2,1-2H3;2*1H. The number of sulfonamides is 1. The fourth-order valence-corrected chi connectivity index (χ4v) is 7.03. The Balaban J connectivity index is 0.00000200. The molecule has 9 heteroatoms. The van der Waals surface area contributed by atoms with Gasteiger partial charge in [0.2, 0.25) is 10.0 Å². The third kappa shape index (κ3) is 5.78. The molecule has 6 nitrogen and oxygen atoms in total. The van der Waals surface area contributed by atoms with Crippen molar-refractivity contribution in [2.24, 2.45) is 5.92 Å². The predicted molar refractivity (Wildman–Crippen MR) is 159 cm³/mol. The van der Waals surface area contributed by atoms with Crippen molar-refractivity contribution in [1.29, 1.82) is 10.7 Å². The minimum atomic E-state index is -3.47. The second kappa shape index (κ2) is 11.9. The Labute approximate surface area is 238 Å². The number of fused-ring (bicyclic) bond motifs is 2. The summed E-state index contributed by atoms with van der Waals surface area (Å²) >= 11 is 0. The van der Waals surface area contributed by atoms with Crippen LogP contribution >= 0.6 is 24.8 Å². The number of hydrogen-bond donors (Lipinski definition) is 1. The lowest BCUT2D eigenvalue weighted by atomic mass is 9.89. The molecule has 3 aromatic rings. The van der Waals surface area contributed by atoms with Gasteiger partial charge in [-0.2, -0.15) is 5.26 Å². The van der Waals surface area contributed by atoms with Crippen molar-refractivity contribution in [3.8, 4) is 6.07 Å². The molecule has 2 aliphatic rings. The molecule has 0 radical (unpaired) electrons. The van der Waals surface area contributed by atoms with Gasteiger partial charge in [0.15, 0.2) is 0 Å². The highest BCUT2D eigenvalue weighted by atomic mass is 35.5. The molecule has 1 unspecified atom stereocenters. The summed E-state index contributed by atoms with van der Waals surface area (Å²) < 4.78 is 28.1.